The van der Waals surface area contributed by atoms with Crippen LogP contribution >= 0.6 is 11.6 Å². The third-order valence-corrected chi connectivity index (χ3v) is 2.62. The maximum atomic E-state index is 11.8. The lowest BCUT2D eigenvalue weighted by Crippen LogP contribution is -2.23. The van der Waals surface area contributed by atoms with Gasteiger partial charge in [0.2, 0.25) is 0 Å². The number of aromatic nitrogens is 1. The van der Waals surface area contributed by atoms with E-state index in [4.69, 9.17) is 16.9 Å². The van der Waals surface area contributed by atoms with E-state index in [1.807, 2.05) is 18.2 Å². The Kier molecular flexibility index (Phi) is 3.22. The van der Waals surface area contributed by atoms with Gasteiger partial charge in [0.1, 0.15) is 11.7 Å². The molecule has 0 spiro atoms. The molecule has 1 aromatic carbocycles. The third-order valence-electron chi connectivity index (χ3n) is 2.32. The first-order valence-electron chi connectivity index (χ1n) is 4.92. The average molecular weight is 246 g/mol. The van der Waals surface area contributed by atoms with Crippen LogP contribution in [-0.4, -0.2) is 17.4 Å². The summed E-state index contributed by atoms with van der Waals surface area (Å²) in [4.78, 5) is 15.7. The lowest BCUT2D eigenvalue weighted by atomic mass is 10.1. The molecule has 2 rings (SSSR count). The van der Waals surface area contributed by atoms with Gasteiger partial charge in [0.15, 0.2) is 0 Å². The molecule has 17 heavy (non-hydrogen) atoms. The van der Waals surface area contributed by atoms with Crippen LogP contribution in [0.25, 0.3) is 10.8 Å². The Morgan fingerprint density at radius 1 is 1.41 bits per heavy atom. The Bertz CT molecular complexity index is 619. The molecular weight excluding hydrogens is 238 g/mol. The summed E-state index contributed by atoms with van der Waals surface area (Å²) < 4.78 is 0. The standard InChI is InChI=1S/C12H8ClN3O/c13-11-9-4-2-1-3-8(9)10(7-16-11)12(17)15-6-5-14/h1-4,7H,6H2,(H,15,17). The summed E-state index contributed by atoms with van der Waals surface area (Å²) in [6.45, 7) is -0.0320. The largest absolute Gasteiger partial charge is 0.339 e. The molecule has 84 valence electrons. The van der Waals surface area contributed by atoms with Gasteiger partial charge in [-0.15, -0.1) is 0 Å². The second-order valence-electron chi connectivity index (χ2n) is 3.35. The van der Waals surface area contributed by atoms with E-state index in [9.17, 15) is 4.79 Å². The maximum absolute atomic E-state index is 11.8. The van der Waals surface area contributed by atoms with E-state index >= 15 is 0 Å². The van der Waals surface area contributed by atoms with Crippen molar-refractivity contribution in [3.63, 3.8) is 0 Å². The van der Waals surface area contributed by atoms with Gasteiger partial charge in [-0.2, -0.15) is 5.26 Å². The molecule has 1 aromatic heterocycles. The maximum Gasteiger partial charge on any atom is 0.254 e. The molecule has 0 atom stereocenters. The molecule has 0 saturated heterocycles. The van der Waals surface area contributed by atoms with Crippen LogP contribution in [0.1, 0.15) is 10.4 Å². The van der Waals surface area contributed by atoms with Crippen molar-refractivity contribution in [1.82, 2.24) is 10.3 Å². The van der Waals surface area contributed by atoms with E-state index in [1.54, 1.807) is 12.1 Å². The molecule has 0 radical (unpaired) electrons. The van der Waals surface area contributed by atoms with Crippen LogP contribution < -0.4 is 5.32 Å². The lowest BCUT2D eigenvalue weighted by molar-refractivity contribution is 0.0960. The zero-order valence-corrected chi connectivity index (χ0v) is 9.53. The predicted octanol–water partition coefficient (Wildman–Crippen LogP) is 2.14. The fourth-order valence-corrected chi connectivity index (χ4v) is 1.77. The van der Waals surface area contributed by atoms with Crippen molar-refractivity contribution >= 4 is 28.3 Å². The molecule has 1 N–H and O–H groups in total. The number of amides is 1. The summed E-state index contributed by atoms with van der Waals surface area (Å²) in [5, 5.41) is 12.7. The molecule has 0 fully saturated rings. The number of rotatable bonds is 2. The fraction of sp³-hybridized carbons (Fsp3) is 0.0833. The number of hydrogen-bond acceptors (Lipinski definition) is 3. The minimum absolute atomic E-state index is 0.0320. The molecule has 0 aliphatic rings. The summed E-state index contributed by atoms with van der Waals surface area (Å²) in [6, 6.07) is 9.09. The Balaban J connectivity index is 2.52. The van der Waals surface area contributed by atoms with Crippen molar-refractivity contribution in [2.75, 3.05) is 6.54 Å². The molecule has 0 aliphatic carbocycles. The summed E-state index contributed by atoms with van der Waals surface area (Å²) in [6.07, 6.45) is 1.41. The second kappa shape index (κ2) is 4.81. The number of halogens is 1. The van der Waals surface area contributed by atoms with Gasteiger partial charge >= 0.3 is 0 Å². The summed E-state index contributed by atoms with van der Waals surface area (Å²) >= 11 is 5.94. The number of nitriles is 1. The molecule has 4 nitrogen and oxygen atoms in total. The van der Waals surface area contributed by atoms with E-state index in [0.717, 1.165) is 10.8 Å². The highest BCUT2D eigenvalue weighted by Gasteiger charge is 2.11. The smallest absolute Gasteiger partial charge is 0.254 e. The lowest BCUT2D eigenvalue weighted by Gasteiger charge is -2.06. The van der Waals surface area contributed by atoms with Crippen molar-refractivity contribution in [3.05, 3.63) is 41.2 Å². The SMILES string of the molecule is N#CCNC(=O)c1cnc(Cl)c2ccccc12. The van der Waals surface area contributed by atoms with Crippen LogP contribution in [0.5, 0.6) is 0 Å². The Hall–Kier alpha value is -2.12. The molecule has 1 amide bonds. The van der Waals surface area contributed by atoms with Gasteiger partial charge < -0.3 is 5.32 Å². The van der Waals surface area contributed by atoms with E-state index in [1.165, 1.54) is 6.20 Å². The van der Waals surface area contributed by atoms with Gasteiger partial charge in [-0.1, -0.05) is 35.9 Å². The molecule has 1 heterocycles. The van der Waals surface area contributed by atoms with Gasteiger partial charge in [-0.25, -0.2) is 4.98 Å². The number of carbonyl (C=O) groups excluding carboxylic acids is 1. The normalized spacial score (nSPS) is 9.88. The first kappa shape index (κ1) is 11.4. The fourth-order valence-electron chi connectivity index (χ4n) is 1.55. The van der Waals surface area contributed by atoms with Crippen LogP contribution in [0.15, 0.2) is 30.5 Å². The Morgan fingerprint density at radius 2 is 2.12 bits per heavy atom. The van der Waals surface area contributed by atoms with E-state index in [-0.39, 0.29) is 12.5 Å². The number of hydrogen-bond donors (Lipinski definition) is 1. The topological polar surface area (TPSA) is 65.8 Å². The summed E-state index contributed by atoms with van der Waals surface area (Å²) in [5.41, 5.74) is 0.417. The zero-order valence-electron chi connectivity index (χ0n) is 8.77. The Morgan fingerprint density at radius 3 is 2.82 bits per heavy atom. The Labute approximate surface area is 103 Å². The molecule has 0 saturated carbocycles. The summed E-state index contributed by atoms with van der Waals surface area (Å²) in [7, 11) is 0. The molecule has 0 aliphatic heterocycles. The highest BCUT2D eigenvalue weighted by atomic mass is 35.5. The van der Waals surface area contributed by atoms with Crippen molar-refractivity contribution in [2.24, 2.45) is 0 Å². The molecule has 0 unspecified atom stereocenters. The highest BCUT2D eigenvalue weighted by Crippen LogP contribution is 2.23. The minimum Gasteiger partial charge on any atom is -0.339 e. The first-order chi connectivity index (χ1) is 8.24. The molecule has 0 bridgehead atoms. The van der Waals surface area contributed by atoms with Gasteiger partial charge in [0.25, 0.3) is 5.91 Å². The van der Waals surface area contributed by atoms with Crippen LogP contribution in [0.2, 0.25) is 5.15 Å². The van der Waals surface area contributed by atoms with E-state index in [0.29, 0.717) is 10.7 Å². The van der Waals surface area contributed by atoms with E-state index in [2.05, 4.69) is 10.3 Å². The highest BCUT2D eigenvalue weighted by molar-refractivity contribution is 6.34. The van der Waals surface area contributed by atoms with Crippen molar-refractivity contribution in [3.8, 4) is 6.07 Å². The van der Waals surface area contributed by atoms with Crippen molar-refractivity contribution in [1.29, 1.82) is 5.26 Å². The average Bonchev–Trinajstić information content (AvgIpc) is 2.37. The van der Waals surface area contributed by atoms with Crippen molar-refractivity contribution in [2.45, 2.75) is 0 Å². The number of nitrogens with one attached hydrogen (secondary N) is 1. The summed E-state index contributed by atoms with van der Waals surface area (Å²) in [5.74, 6) is -0.327. The zero-order chi connectivity index (χ0) is 12.3. The monoisotopic (exact) mass is 245 g/mol. The molecule has 5 heteroatoms. The third kappa shape index (κ3) is 2.19. The van der Waals surface area contributed by atoms with Crippen LogP contribution in [0.3, 0.4) is 0 Å². The van der Waals surface area contributed by atoms with Crippen LogP contribution in [-0.2, 0) is 0 Å². The molecular formula is C12H8ClN3O. The van der Waals surface area contributed by atoms with Crippen LogP contribution in [0.4, 0.5) is 0 Å². The van der Waals surface area contributed by atoms with Gasteiger partial charge in [-0.05, 0) is 5.39 Å². The van der Waals surface area contributed by atoms with Gasteiger partial charge in [0, 0.05) is 11.6 Å². The number of pyridine rings is 1. The quantitative estimate of drug-likeness (QED) is 0.651. The number of nitrogens with zero attached hydrogens (tertiary/aromatic N) is 2. The van der Waals surface area contributed by atoms with E-state index < -0.39 is 0 Å². The number of fused-ring (bicyclic) bond motifs is 1. The second-order valence-corrected chi connectivity index (χ2v) is 3.71. The number of carbonyl (C=O) groups is 1. The van der Waals surface area contributed by atoms with Crippen molar-refractivity contribution < 1.29 is 4.79 Å². The molecule has 2 aromatic rings. The minimum atomic E-state index is -0.327. The van der Waals surface area contributed by atoms with Crippen LogP contribution in [0, 0.1) is 11.3 Å². The van der Waals surface area contributed by atoms with Gasteiger partial charge in [-0.3, -0.25) is 4.79 Å². The number of benzene rings is 1. The predicted molar refractivity (Wildman–Crippen MR) is 64.7 cm³/mol. The first-order valence-corrected chi connectivity index (χ1v) is 5.30. The van der Waals surface area contributed by atoms with Gasteiger partial charge in [0.05, 0.1) is 11.6 Å².